The summed E-state index contributed by atoms with van der Waals surface area (Å²) in [6.07, 6.45) is 2.85. The summed E-state index contributed by atoms with van der Waals surface area (Å²) in [5.41, 5.74) is 3.62. The maximum atomic E-state index is 5.46. The van der Waals surface area contributed by atoms with E-state index >= 15 is 0 Å². The Balaban J connectivity index is 2.13. The molecule has 0 aliphatic carbocycles. The minimum atomic E-state index is 0.162. The van der Waals surface area contributed by atoms with Gasteiger partial charge in [0.05, 0.1) is 26.0 Å². The highest BCUT2D eigenvalue weighted by molar-refractivity contribution is 5.51. The van der Waals surface area contributed by atoms with Gasteiger partial charge in [0, 0.05) is 12.7 Å². The van der Waals surface area contributed by atoms with Crippen LogP contribution in [0.4, 0.5) is 0 Å². The number of pyridine rings is 1. The molecular formula is C17H20N2O2. The molecule has 1 atom stereocenters. The van der Waals surface area contributed by atoms with E-state index < -0.39 is 0 Å². The first-order valence-electron chi connectivity index (χ1n) is 7.10. The summed E-state index contributed by atoms with van der Waals surface area (Å²) in [4.78, 5) is 6.87. The molecule has 2 aromatic rings. The summed E-state index contributed by atoms with van der Waals surface area (Å²) in [6.45, 7) is 1.00. The standard InChI is InChI=1S/C17H20N2O2/c1-19-9-7-12-10-15(20-2)16(21-3)11-13(12)17(19)14-6-4-5-8-18-14/h4-6,8,10-11,17H,7,9H2,1-3H3. The van der Waals surface area contributed by atoms with Gasteiger partial charge in [-0.05, 0) is 48.9 Å². The predicted octanol–water partition coefficient (Wildman–Crippen LogP) is 2.68. The van der Waals surface area contributed by atoms with Crippen LogP contribution in [0, 0.1) is 0 Å². The van der Waals surface area contributed by atoms with E-state index in [1.54, 1.807) is 14.2 Å². The molecule has 4 nitrogen and oxygen atoms in total. The summed E-state index contributed by atoms with van der Waals surface area (Å²) in [7, 11) is 5.49. The molecule has 0 saturated carbocycles. The Hall–Kier alpha value is -2.07. The van der Waals surface area contributed by atoms with Gasteiger partial charge in [-0.15, -0.1) is 0 Å². The largest absolute Gasteiger partial charge is 0.493 e. The van der Waals surface area contributed by atoms with Gasteiger partial charge in [0.25, 0.3) is 0 Å². The number of nitrogens with zero attached hydrogens (tertiary/aromatic N) is 2. The summed E-state index contributed by atoms with van der Waals surface area (Å²) in [5.74, 6) is 1.56. The SMILES string of the molecule is COc1cc2c(cc1OC)C(c1ccccn1)N(C)CC2. The number of aromatic nitrogens is 1. The number of fused-ring (bicyclic) bond motifs is 1. The molecule has 0 bridgehead atoms. The zero-order valence-corrected chi connectivity index (χ0v) is 12.7. The summed E-state index contributed by atoms with van der Waals surface area (Å²) >= 11 is 0. The van der Waals surface area contributed by atoms with Crippen LogP contribution >= 0.6 is 0 Å². The second-order valence-corrected chi connectivity index (χ2v) is 5.29. The van der Waals surface area contributed by atoms with Crippen molar-refractivity contribution in [3.05, 3.63) is 53.3 Å². The highest BCUT2D eigenvalue weighted by Crippen LogP contribution is 2.39. The minimum Gasteiger partial charge on any atom is -0.493 e. The summed E-state index contributed by atoms with van der Waals surface area (Å²) in [6, 6.07) is 10.4. The Morgan fingerprint density at radius 3 is 2.57 bits per heavy atom. The minimum absolute atomic E-state index is 0.162. The van der Waals surface area contributed by atoms with Crippen LogP contribution in [-0.4, -0.2) is 37.7 Å². The Morgan fingerprint density at radius 2 is 1.90 bits per heavy atom. The average Bonchev–Trinajstić information content (AvgIpc) is 2.54. The van der Waals surface area contributed by atoms with Crippen LogP contribution < -0.4 is 9.47 Å². The third-order valence-electron chi connectivity index (χ3n) is 4.08. The van der Waals surface area contributed by atoms with Crippen molar-refractivity contribution in [2.24, 2.45) is 0 Å². The van der Waals surface area contributed by atoms with Crippen LogP contribution in [0.3, 0.4) is 0 Å². The Kier molecular flexibility index (Phi) is 3.80. The Morgan fingerprint density at radius 1 is 1.14 bits per heavy atom. The molecule has 0 N–H and O–H groups in total. The van der Waals surface area contributed by atoms with E-state index in [1.807, 2.05) is 18.3 Å². The molecule has 3 rings (SSSR count). The molecule has 21 heavy (non-hydrogen) atoms. The number of hydrogen-bond acceptors (Lipinski definition) is 4. The lowest BCUT2D eigenvalue weighted by Gasteiger charge is -2.34. The number of likely N-dealkylation sites (N-methyl/N-ethyl adjacent to an activating group) is 1. The van der Waals surface area contributed by atoms with E-state index in [-0.39, 0.29) is 6.04 Å². The van der Waals surface area contributed by atoms with Crippen molar-refractivity contribution in [1.82, 2.24) is 9.88 Å². The van der Waals surface area contributed by atoms with Gasteiger partial charge in [0.15, 0.2) is 11.5 Å². The fraction of sp³-hybridized carbons (Fsp3) is 0.353. The van der Waals surface area contributed by atoms with Crippen molar-refractivity contribution >= 4 is 0 Å². The highest BCUT2D eigenvalue weighted by atomic mass is 16.5. The fourth-order valence-corrected chi connectivity index (χ4v) is 2.99. The first-order valence-corrected chi connectivity index (χ1v) is 7.10. The van der Waals surface area contributed by atoms with Crippen molar-refractivity contribution in [2.75, 3.05) is 27.8 Å². The van der Waals surface area contributed by atoms with E-state index in [4.69, 9.17) is 9.47 Å². The van der Waals surface area contributed by atoms with Crippen molar-refractivity contribution in [3.63, 3.8) is 0 Å². The molecule has 2 heterocycles. The highest BCUT2D eigenvalue weighted by Gasteiger charge is 2.28. The van der Waals surface area contributed by atoms with E-state index in [0.29, 0.717) is 0 Å². The smallest absolute Gasteiger partial charge is 0.161 e. The molecule has 1 aromatic carbocycles. The second kappa shape index (κ2) is 5.74. The average molecular weight is 284 g/mol. The number of methoxy groups -OCH3 is 2. The van der Waals surface area contributed by atoms with Gasteiger partial charge in [0.1, 0.15) is 0 Å². The molecule has 1 aromatic heterocycles. The van der Waals surface area contributed by atoms with Crippen molar-refractivity contribution < 1.29 is 9.47 Å². The van der Waals surface area contributed by atoms with Gasteiger partial charge in [-0.3, -0.25) is 9.88 Å². The lowest BCUT2D eigenvalue weighted by molar-refractivity contribution is 0.258. The molecule has 0 saturated heterocycles. The second-order valence-electron chi connectivity index (χ2n) is 5.29. The molecule has 110 valence electrons. The summed E-state index contributed by atoms with van der Waals surface area (Å²) in [5, 5.41) is 0. The van der Waals surface area contributed by atoms with Crippen LogP contribution in [0.15, 0.2) is 36.5 Å². The first kappa shape index (κ1) is 13.9. The lowest BCUT2D eigenvalue weighted by Crippen LogP contribution is -2.33. The maximum Gasteiger partial charge on any atom is 0.161 e. The summed E-state index contributed by atoms with van der Waals surface area (Å²) < 4.78 is 10.9. The van der Waals surface area contributed by atoms with Gasteiger partial charge in [0.2, 0.25) is 0 Å². The Labute approximate surface area is 125 Å². The zero-order valence-electron chi connectivity index (χ0n) is 12.7. The maximum absolute atomic E-state index is 5.46. The molecule has 1 aliphatic heterocycles. The van der Waals surface area contributed by atoms with Crippen molar-refractivity contribution in [3.8, 4) is 11.5 Å². The molecule has 1 aliphatic rings. The van der Waals surface area contributed by atoms with Gasteiger partial charge >= 0.3 is 0 Å². The molecule has 0 amide bonds. The van der Waals surface area contributed by atoms with Gasteiger partial charge in [-0.25, -0.2) is 0 Å². The van der Waals surface area contributed by atoms with Gasteiger partial charge in [-0.2, -0.15) is 0 Å². The molecular weight excluding hydrogens is 264 g/mol. The number of hydrogen-bond donors (Lipinski definition) is 0. The van der Waals surface area contributed by atoms with Crippen LogP contribution in [0.25, 0.3) is 0 Å². The Bertz CT molecular complexity index is 628. The van der Waals surface area contributed by atoms with Crippen LogP contribution in [0.5, 0.6) is 11.5 Å². The molecule has 1 unspecified atom stereocenters. The molecule has 0 spiro atoms. The normalized spacial score (nSPS) is 18.1. The van der Waals surface area contributed by atoms with E-state index in [0.717, 1.165) is 30.2 Å². The third-order valence-corrected chi connectivity index (χ3v) is 4.08. The first-order chi connectivity index (χ1) is 10.2. The van der Waals surface area contributed by atoms with Crippen LogP contribution in [0.2, 0.25) is 0 Å². The van der Waals surface area contributed by atoms with E-state index in [2.05, 4.69) is 35.1 Å². The van der Waals surface area contributed by atoms with Crippen molar-refractivity contribution in [2.45, 2.75) is 12.5 Å². The number of ether oxygens (including phenoxy) is 2. The van der Waals surface area contributed by atoms with Gasteiger partial charge < -0.3 is 9.47 Å². The van der Waals surface area contributed by atoms with Crippen LogP contribution in [0.1, 0.15) is 22.9 Å². The van der Waals surface area contributed by atoms with Crippen LogP contribution in [-0.2, 0) is 6.42 Å². The van der Waals surface area contributed by atoms with Crippen molar-refractivity contribution in [1.29, 1.82) is 0 Å². The predicted molar refractivity (Wildman–Crippen MR) is 82.0 cm³/mol. The zero-order chi connectivity index (χ0) is 14.8. The lowest BCUT2D eigenvalue weighted by atomic mass is 9.90. The molecule has 4 heteroatoms. The van der Waals surface area contributed by atoms with E-state index in [1.165, 1.54) is 11.1 Å². The molecule has 0 radical (unpaired) electrons. The van der Waals surface area contributed by atoms with E-state index in [9.17, 15) is 0 Å². The van der Waals surface area contributed by atoms with Gasteiger partial charge in [-0.1, -0.05) is 6.07 Å². The topological polar surface area (TPSA) is 34.6 Å². The number of benzene rings is 1. The fourth-order valence-electron chi connectivity index (χ4n) is 2.99. The third kappa shape index (κ3) is 2.47. The monoisotopic (exact) mass is 284 g/mol. The quantitative estimate of drug-likeness (QED) is 0.868. The molecule has 0 fully saturated rings. The number of rotatable bonds is 3.